The molecule has 6 heteroatoms. The molecule has 5 nitrogen and oxygen atoms in total. The van der Waals surface area contributed by atoms with Crippen molar-refractivity contribution in [2.75, 3.05) is 12.9 Å². The van der Waals surface area contributed by atoms with Crippen LogP contribution < -0.4 is 5.32 Å². The van der Waals surface area contributed by atoms with Gasteiger partial charge in [-0.3, -0.25) is 4.68 Å². The monoisotopic (exact) mass is 453 g/mol. The highest BCUT2D eigenvalue weighted by atomic mass is 32.2. The van der Waals surface area contributed by atoms with Crippen LogP contribution in [0.25, 0.3) is 5.70 Å². The Balaban J connectivity index is 1.51. The fourth-order valence-corrected chi connectivity index (χ4v) is 6.22. The van der Waals surface area contributed by atoms with Crippen LogP contribution in [0.1, 0.15) is 73.4 Å². The smallest absolute Gasteiger partial charge is 0.337 e. The van der Waals surface area contributed by atoms with E-state index in [1.165, 1.54) is 45.6 Å². The van der Waals surface area contributed by atoms with Gasteiger partial charge in [-0.2, -0.15) is 5.10 Å². The van der Waals surface area contributed by atoms with Gasteiger partial charge in [0.15, 0.2) is 0 Å². The first kappa shape index (κ1) is 23.0. The summed E-state index contributed by atoms with van der Waals surface area (Å²) in [4.78, 5) is 11.9. The Morgan fingerprint density at radius 3 is 3.00 bits per heavy atom. The van der Waals surface area contributed by atoms with Crippen LogP contribution in [-0.2, 0) is 11.3 Å². The molecular formula is C26H35N3O2S. The van der Waals surface area contributed by atoms with Gasteiger partial charge in [-0.1, -0.05) is 38.5 Å². The highest BCUT2D eigenvalue weighted by molar-refractivity contribution is 7.99. The Morgan fingerprint density at radius 1 is 1.31 bits per heavy atom. The lowest BCUT2D eigenvalue weighted by molar-refractivity contribution is 0.0600. The van der Waals surface area contributed by atoms with Crippen LogP contribution >= 0.6 is 11.8 Å². The van der Waals surface area contributed by atoms with Crippen molar-refractivity contribution in [1.29, 1.82) is 0 Å². The quantitative estimate of drug-likeness (QED) is 0.387. The number of methoxy groups -OCH3 is 1. The summed E-state index contributed by atoms with van der Waals surface area (Å²) in [5, 5.41) is 9.65. The van der Waals surface area contributed by atoms with Crippen molar-refractivity contribution in [2.24, 2.45) is 11.8 Å². The molecule has 0 aliphatic heterocycles. The van der Waals surface area contributed by atoms with Gasteiger partial charge in [-0.05, 0) is 67.4 Å². The van der Waals surface area contributed by atoms with E-state index in [9.17, 15) is 4.79 Å². The normalized spacial score (nSPS) is 22.4. The molecule has 2 aliphatic carbocycles. The molecule has 2 aromatic rings. The molecule has 0 spiro atoms. The van der Waals surface area contributed by atoms with Crippen molar-refractivity contribution in [3.05, 3.63) is 53.7 Å². The number of benzene rings is 1. The van der Waals surface area contributed by atoms with Crippen LogP contribution in [0.5, 0.6) is 0 Å². The number of hydrogen-bond donors (Lipinski definition) is 1. The van der Waals surface area contributed by atoms with E-state index in [0.717, 1.165) is 45.9 Å². The molecule has 2 aliphatic rings. The standard InChI is InChI=1S/C26H35N3O2S/c1-4-13-32-25-23(18(2)28-24-12-11-19-7-5-9-21(24)14-19)16-27-29(25)17-20-8-6-10-22(15-20)26(30)31-3/h6,8,10,15-16,19,21,24,28H,2,4-5,7,9,11-14,17H2,1,3H3/t19-,21-,24?/m1/s1. The molecule has 3 atom stereocenters. The molecule has 1 heterocycles. The number of nitrogens with one attached hydrogen (secondary N) is 1. The Labute approximate surface area is 196 Å². The average Bonchev–Trinajstić information content (AvgIpc) is 3.21. The van der Waals surface area contributed by atoms with E-state index >= 15 is 0 Å². The Morgan fingerprint density at radius 2 is 2.19 bits per heavy atom. The number of ether oxygens (including phenoxy) is 1. The van der Waals surface area contributed by atoms with Gasteiger partial charge in [-0.25, -0.2) is 4.79 Å². The molecule has 2 saturated carbocycles. The first-order valence-electron chi connectivity index (χ1n) is 11.9. The average molecular weight is 454 g/mol. The van der Waals surface area contributed by atoms with Crippen LogP contribution in [0.3, 0.4) is 0 Å². The van der Waals surface area contributed by atoms with Crippen molar-refractivity contribution in [1.82, 2.24) is 15.1 Å². The van der Waals surface area contributed by atoms with Gasteiger partial charge in [0.25, 0.3) is 0 Å². The first-order valence-corrected chi connectivity index (χ1v) is 12.9. The van der Waals surface area contributed by atoms with Gasteiger partial charge in [0.2, 0.25) is 0 Å². The van der Waals surface area contributed by atoms with E-state index in [4.69, 9.17) is 9.84 Å². The Hall–Kier alpha value is -2.21. The van der Waals surface area contributed by atoms with Crippen molar-refractivity contribution in [2.45, 2.75) is 69.5 Å². The topological polar surface area (TPSA) is 56.2 Å². The molecule has 0 amide bonds. The molecule has 4 rings (SSSR count). The van der Waals surface area contributed by atoms with Gasteiger partial charge in [0.1, 0.15) is 5.03 Å². The van der Waals surface area contributed by atoms with Crippen LogP contribution in [0.15, 0.2) is 42.1 Å². The van der Waals surface area contributed by atoms with Gasteiger partial charge >= 0.3 is 5.97 Å². The molecule has 2 bridgehead atoms. The predicted octanol–water partition coefficient (Wildman–Crippen LogP) is 5.75. The van der Waals surface area contributed by atoms with Gasteiger partial charge in [0, 0.05) is 17.3 Å². The van der Waals surface area contributed by atoms with Gasteiger partial charge in [0.05, 0.1) is 25.4 Å². The van der Waals surface area contributed by atoms with E-state index in [1.54, 1.807) is 6.07 Å². The number of thioether (sulfide) groups is 1. The van der Waals surface area contributed by atoms with Crippen molar-refractivity contribution in [3.8, 4) is 0 Å². The van der Waals surface area contributed by atoms with E-state index in [2.05, 4.69) is 18.8 Å². The van der Waals surface area contributed by atoms with Gasteiger partial charge in [-0.15, -0.1) is 11.8 Å². The molecule has 32 heavy (non-hydrogen) atoms. The second-order valence-corrected chi connectivity index (χ2v) is 10.2. The minimum Gasteiger partial charge on any atom is -0.465 e. The zero-order valence-corrected chi connectivity index (χ0v) is 20.1. The van der Waals surface area contributed by atoms with E-state index < -0.39 is 0 Å². The van der Waals surface area contributed by atoms with Crippen LogP contribution in [0.4, 0.5) is 0 Å². The molecule has 172 valence electrons. The number of rotatable bonds is 9. The maximum atomic E-state index is 11.9. The fraction of sp³-hybridized carbons (Fsp3) is 0.538. The lowest BCUT2D eigenvalue weighted by Gasteiger charge is -2.41. The Kier molecular flexibility index (Phi) is 7.61. The summed E-state index contributed by atoms with van der Waals surface area (Å²) in [5.41, 5.74) is 3.69. The van der Waals surface area contributed by atoms with E-state index in [1.807, 2.05) is 40.8 Å². The highest BCUT2D eigenvalue weighted by Crippen LogP contribution is 2.40. The van der Waals surface area contributed by atoms with Crippen molar-refractivity contribution in [3.63, 3.8) is 0 Å². The third-order valence-electron chi connectivity index (χ3n) is 6.88. The van der Waals surface area contributed by atoms with E-state index in [-0.39, 0.29) is 5.97 Å². The lowest BCUT2D eigenvalue weighted by Crippen LogP contribution is -2.41. The number of fused-ring (bicyclic) bond motifs is 2. The van der Waals surface area contributed by atoms with Crippen LogP contribution in [0.2, 0.25) is 0 Å². The number of aromatic nitrogens is 2. The maximum absolute atomic E-state index is 11.9. The minimum absolute atomic E-state index is 0.316. The maximum Gasteiger partial charge on any atom is 0.337 e. The zero-order valence-electron chi connectivity index (χ0n) is 19.3. The number of nitrogens with zero attached hydrogens (tertiary/aromatic N) is 2. The number of carbonyl (C=O) groups excluding carboxylic acids is 1. The summed E-state index contributed by atoms with van der Waals surface area (Å²) in [5.74, 6) is 2.44. The third kappa shape index (κ3) is 5.22. The molecular weight excluding hydrogens is 418 g/mol. The lowest BCUT2D eigenvalue weighted by atomic mass is 9.70. The molecule has 1 N–H and O–H groups in total. The van der Waals surface area contributed by atoms with Crippen LogP contribution in [-0.4, -0.2) is 34.7 Å². The van der Waals surface area contributed by atoms with Gasteiger partial charge < -0.3 is 10.1 Å². The van der Waals surface area contributed by atoms with Crippen LogP contribution in [0, 0.1) is 11.8 Å². The summed E-state index contributed by atoms with van der Waals surface area (Å²) in [6.07, 6.45) is 11.1. The minimum atomic E-state index is -0.316. The predicted molar refractivity (Wildman–Crippen MR) is 131 cm³/mol. The largest absolute Gasteiger partial charge is 0.465 e. The second kappa shape index (κ2) is 10.6. The highest BCUT2D eigenvalue weighted by Gasteiger charge is 2.33. The summed E-state index contributed by atoms with van der Waals surface area (Å²) < 4.78 is 6.91. The number of carbonyl (C=O) groups is 1. The SMILES string of the molecule is C=C(NC1CC[C@H]2CCC[C@@H]1C2)c1cnn(Cc2cccc(C(=O)OC)c2)c1SCCC. The molecule has 1 aromatic carbocycles. The van der Waals surface area contributed by atoms with Crippen molar-refractivity contribution < 1.29 is 9.53 Å². The molecule has 1 unspecified atom stereocenters. The third-order valence-corrected chi connectivity index (χ3v) is 8.19. The fourth-order valence-electron chi connectivity index (χ4n) is 5.23. The molecule has 2 fully saturated rings. The summed E-state index contributed by atoms with van der Waals surface area (Å²) in [6.45, 7) is 7.23. The molecule has 1 aromatic heterocycles. The molecule has 0 radical (unpaired) electrons. The first-order chi connectivity index (χ1) is 15.6. The Bertz CT molecular complexity index is 954. The van der Waals surface area contributed by atoms with E-state index in [0.29, 0.717) is 18.2 Å². The summed E-state index contributed by atoms with van der Waals surface area (Å²) >= 11 is 1.83. The number of esters is 1. The summed E-state index contributed by atoms with van der Waals surface area (Å²) in [6, 6.07) is 8.11. The summed E-state index contributed by atoms with van der Waals surface area (Å²) in [7, 11) is 1.41. The number of hydrogen-bond acceptors (Lipinski definition) is 5. The zero-order chi connectivity index (χ0) is 22.5. The molecule has 0 saturated heterocycles. The second-order valence-electron chi connectivity index (χ2n) is 9.16. The van der Waals surface area contributed by atoms with Crippen molar-refractivity contribution >= 4 is 23.4 Å².